The molecule has 0 atom stereocenters. The third-order valence-electron chi connectivity index (χ3n) is 5.18. The lowest BCUT2D eigenvalue weighted by atomic mass is 9.96. The normalized spacial score (nSPS) is 17.4. The van der Waals surface area contributed by atoms with E-state index in [4.69, 9.17) is 11.6 Å². The van der Waals surface area contributed by atoms with E-state index >= 15 is 0 Å². The molecule has 3 heterocycles. The largest absolute Gasteiger partial charge is 0.416 e. The van der Waals surface area contributed by atoms with Crippen LogP contribution in [0.15, 0.2) is 55.0 Å². The maximum Gasteiger partial charge on any atom is 0.416 e. The van der Waals surface area contributed by atoms with Crippen LogP contribution in [0.2, 0.25) is 5.02 Å². The lowest BCUT2D eigenvalue weighted by Gasteiger charge is -2.41. The highest BCUT2D eigenvalue weighted by Crippen LogP contribution is 2.42. The Morgan fingerprint density at radius 1 is 0.935 bits per heavy atom. The summed E-state index contributed by atoms with van der Waals surface area (Å²) in [6, 6.07) is 8.46. The Bertz CT molecular complexity index is 1080. The SMILES string of the molecule is OS1(O)CCN(c2cc(-c3ccncc3Cl)c(-c3ccc(C(F)(F)F)cc3)cn2)CC1. The monoisotopic (exact) mass is 469 g/mol. The van der Waals surface area contributed by atoms with Gasteiger partial charge < -0.3 is 4.90 Å². The fourth-order valence-corrected chi connectivity index (χ4v) is 4.91. The van der Waals surface area contributed by atoms with Crippen molar-refractivity contribution in [1.82, 2.24) is 9.97 Å². The summed E-state index contributed by atoms with van der Waals surface area (Å²) in [6.07, 6.45) is 0.289. The van der Waals surface area contributed by atoms with Gasteiger partial charge in [-0.1, -0.05) is 23.7 Å². The first kappa shape index (κ1) is 21.9. The van der Waals surface area contributed by atoms with E-state index in [1.54, 1.807) is 18.5 Å². The van der Waals surface area contributed by atoms with Gasteiger partial charge in [0.15, 0.2) is 0 Å². The van der Waals surface area contributed by atoms with Crippen LogP contribution in [0.1, 0.15) is 5.56 Å². The Morgan fingerprint density at radius 2 is 1.61 bits per heavy atom. The number of anilines is 1. The molecule has 2 N–H and O–H groups in total. The zero-order valence-corrected chi connectivity index (χ0v) is 17.8. The molecule has 0 spiro atoms. The molecule has 0 radical (unpaired) electrons. The lowest BCUT2D eigenvalue weighted by Crippen LogP contribution is -2.38. The van der Waals surface area contributed by atoms with Gasteiger partial charge in [-0.15, -0.1) is 0 Å². The molecule has 2 aromatic heterocycles. The summed E-state index contributed by atoms with van der Waals surface area (Å²) in [7, 11) is -2.55. The fraction of sp³-hybridized carbons (Fsp3) is 0.238. The molecule has 0 amide bonds. The molecular weight excluding hydrogens is 451 g/mol. The van der Waals surface area contributed by atoms with E-state index in [2.05, 4.69) is 9.97 Å². The molecule has 1 aromatic carbocycles. The molecule has 10 heteroatoms. The molecule has 1 fully saturated rings. The van der Waals surface area contributed by atoms with Gasteiger partial charge in [0, 0.05) is 42.8 Å². The minimum Gasteiger partial charge on any atom is -0.353 e. The van der Waals surface area contributed by atoms with Crippen LogP contribution < -0.4 is 4.90 Å². The molecule has 1 aliphatic rings. The minimum atomic E-state index is -4.41. The molecule has 0 unspecified atom stereocenters. The zero-order valence-electron chi connectivity index (χ0n) is 16.2. The van der Waals surface area contributed by atoms with Crippen LogP contribution in [0, 0.1) is 0 Å². The first-order valence-electron chi connectivity index (χ1n) is 9.40. The van der Waals surface area contributed by atoms with Gasteiger partial charge in [-0.2, -0.15) is 23.8 Å². The van der Waals surface area contributed by atoms with Crippen molar-refractivity contribution in [2.24, 2.45) is 0 Å². The number of rotatable bonds is 3. The molecule has 31 heavy (non-hydrogen) atoms. The highest BCUT2D eigenvalue weighted by atomic mass is 35.5. The van der Waals surface area contributed by atoms with Gasteiger partial charge in [0.2, 0.25) is 0 Å². The van der Waals surface area contributed by atoms with E-state index < -0.39 is 22.3 Å². The number of alkyl halides is 3. The predicted octanol–water partition coefficient (Wildman–Crippen LogP) is 6.05. The first-order valence-corrected chi connectivity index (χ1v) is 11.7. The second kappa shape index (κ2) is 8.31. The number of benzene rings is 1. The van der Waals surface area contributed by atoms with E-state index in [9.17, 15) is 22.3 Å². The minimum absolute atomic E-state index is 0.265. The zero-order chi connectivity index (χ0) is 22.2. The van der Waals surface area contributed by atoms with Crippen LogP contribution in [-0.2, 0) is 6.18 Å². The van der Waals surface area contributed by atoms with Crippen molar-refractivity contribution in [3.8, 4) is 22.3 Å². The molecular formula is C21H19ClF3N3O2S. The van der Waals surface area contributed by atoms with E-state index in [-0.39, 0.29) is 11.5 Å². The number of hydrogen-bond donors (Lipinski definition) is 2. The lowest BCUT2D eigenvalue weighted by molar-refractivity contribution is -0.137. The molecule has 5 nitrogen and oxygen atoms in total. The molecule has 0 aliphatic carbocycles. The maximum absolute atomic E-state index is 13.0. The number of hydrogen-bond acceptors (Lipinski definition) is 5. The van der Waals surface area contributed by atoms with Crippen molar-refractivity contribution in [3.05, 3.63) is 65.6 Å². The number of halogens is 4. The summed E-state index contributed by atoms with van der Waals surface area (Å²) in [5.41, 5.74) is 1.86. The van der Waals surface area contributed by atoms with E-state index in [1.807, 2.05) is 11.0 Å². The van der Waals surface area contributed by atoms with Crippen LogP contribution in [0.4, 0.5) is 19.0 Å². The van der Waals surface area contributed by atoms with Gasteiger partial charge in [-0.05, 0) is 35.4 Å². The van der Waals surface area contributed by atoms with Crippen molar-refractivity contribution < 1.29 is 22.3 Å². The quantitative estimate of drug-likeness (QED) is 0.488. The molecule has 4 rings (SSSR count). The number of nitrogens with zero attached hydrogens (tertiary/aromatic N) is 3. The van der Waals surface area contributed by atoms with Crippen LogP contribution in [-0.4, -0.2) is 43.7 Å². The van der Waals surface area contributed by atoms with Crippen molar-refractivity contribution in [1.29, 1.82) is 0 Å². The van der Waals surface area contributed by atoms with Crippen LogP contribution in [0.5, 0.6) is 0 Å². The van der Waals surface area contributed by atoms with Crippen LogP contribution in [0.3, 0.4) is 0 Å². The predicted molar refractivity (Wildman–Crippen MR) is 118 cm³/mol. The third-order valence-corrected chi connectivity index (χ3v) is 7.15. The van der Waals surface area contributed by atoms with Gasteiger partial charge in [0.25, 0.3) is 0 Å². The van der Waals surface area contributed by atoms with E-state index in [0.29, 0.717) is 46.2 Å². The Kier molecular flexibility index (Phi) is 5.87. The van der Waals surface area contributed by atoms with Gasteiger partial charge >= 0.3 is 6.18 Å². The molecule has 1 aliphatic heterocycles. The number of aromatic nitrogens is 2. The van der Waals surface area contributed by atoms with Crippen LogP contribution >= 0.6 is 22.2 Å². The van der Waals surface area contributed by atoms with Gasteiger partial charge in [-0.3, -0.25) is 14.1 Å². The molecule has 164 valence electrons. The Balaban J connectivity index is 1.77. The van der Waals surface area contributed by atoms with Gasteiger partial charge in [0.1, 0.15) is 5.82 Å². The summed E-state index contributed by atoms with van der Waals surface area (Å²) in [6.45, 7) is 0.886. The molecule has 0 bridgehead atoms. The van der Waals surface area contributed by atoms with Crippen molar-refractivity contribution in [2.75, 3.05) is 29.5 Å². The fourth-order valence-electron chi connectivity index (χ4n) is 3.46. The summed E-state index contributed by atoms with van der Waals surface area (Å²) >= 11 is 6.37. The molecule has 1 saturated heterocycles. The summed E-state index contributed by atoms with van der Waals surface area (Å²) in [5.74, 6) is 1.16. The van der Waals surface area contributed by atoms with E-state index in [1.165, 1.54) is 18.3 Å². The average Bonchev–Trinajstić information content (AvgIpc) is 2.73. The third kappa shape index (κ3) is 4.79. The Morgan fingerprint density at radius 3 is 2.23 bits per heavy atom. The molecule has 0 saturated carbocycles. The molecule has 3 aromatic rings. The Labute approximate surface area is 183 Å². The van der Waals surface area contributed by atoms with Crippen molar-refractivity contribution in [2.45, 2.75) is 6.18 Å². The number of pyridine rings is 2. The standard InChI is InChI=1S/C21H19ClF3N3O2S/c22-19-13-26-6-5-16(19)17-11-20(28-7-9-31(29,30)10-8-28)27-12-18(17)14-1-3-15(4-2-14)21(23,24)25/h1-6,11-13,29-30H,7-10H2. The second-order valence-corrected chi connectivity index (χ2v) is 10.0. The summed E-state index contributed by atoms with van der Waals surface area (Å²) in [4.78, 5) is 10.5. The average molecular weight is 470 g/mol. The topological polar surface area (TPSA) is 69.5 Å². The highest BCUT2D eigenvalue weighted by Gasteiger charge is 2.30. The Hall–Kier alpha value is -2.33. The second-order valence-electron chi connectivity index (χ2n) is 7.22. The maximum atomic E-state index is 13.0. The summed E-state index contributed by atoms with van der Waals surface area (Å²) in [5, 5.41) is 0.403. The van der Waals surface area contributed by atoms with Gasteiger partial charge in [0.05, 0.1) is 22.1 Å². The smallest absolute Gasteiger partial charge is 0.353 e. The van der Waals surface area contributed by atoms with Crippen molar-refractivity contribution in [3.63, 3.8) is 0 Å². The first-order chi connectivity index (χ1) is 14.6. The van der Waals surface area contributed by atoms with E-state index in [0.717, 1.165) is 12.1 Å². The van der Waals surface area contributed by atoms with Crippen LogP contribution in [0.25, 0.3) is 22.3 Å². The summed E-state index contributed by atoms with van der Waals surface area (Å²) < 4.78 is 58.6. The highest BCUT2D eigenvalue weighted by molar-refractivity contribution is 8.24. The van der Waals surface area contributed by atoms with Gasteiger partial charge in [-0.25, -0.2) is 4.98 Å². The van der Waals surface area contributed by atoms with Crippen molar-refractivity contribution >= 4 is 28.0 Å².